The van der Waals surface area contributed by atoms with Gasteiger partial charge in [-0.1, -0.05) is 58.8 Å². The number of nitrogens with zero attached hydrogens (tertiary/aromatic N) is 3. The van der Waals surface area contributed by atoms with Crippen LogP contribution >= 0.6 is 27.3 Å². The largest absolute Gasteiger partial charge is 0.264 e. The lowest BCUT2D eigenvalue weighted by atomic mass is 10.1. The number of halogens is 1. The molecule has 122 valence electrons. The molecule has 0 aliphatic carbocycles. The summed E-state index contributed by atoms with van der Waals surface area (Å²) in [5, 5.41) is 5.06. The zero-order valence-electron chi connectivity index (χ0n) is 13.2. The smallest absolute Gasteiger partial charge is 0.204 e. The van der Waals surface area contributed by atoms with Crippen LogP contribution in [0.15, 0.2) is 58.4 Å². The average Bonchev–Trinajstić information content (AvgIpc) is 3.00. The normalized spacial score (nSPS) is 11.1. The molecule has 3 aromatic rings. The van der Waals surface area contributed by atoms with Gasteiger partial charge in [0.05, 0.1) is 11.9 Å². The Labute approximate surface area is 153 Å². The van der Waals surface area contributed by atoms with Crippen molar-refractivity contribution in [2.45, 2.75) is 19.8 Å². The van der Waals surface area contributed by atoms with Crippen LogP contribution in [0.5, 0.6) is 0 Å². The number of aromatic nitrogens is 2. The molecule has 0 spiro atoms. The first kappa shape index (κ1) is 16.8. The van der Waals surface area contributed by atoms with Crippen molar-refractivity contribution in [3.63, 3.8) is 0 Å². The summed E-state index contributed by atoms with van der Waals surface area (Å²) >= 11 is 5.13. The molecule has 0 unspecified atom stereocenters. The van der Waals surface area contributed by atoms with E-state index < -0.39 is 0 Å². The van der Waals surface area contributed by atoms with Gasteiger partial charge in [0.25, 0.3) is 0 Å². The monoisotopic (exact) mass is 400 g/mol. The van der Waals surface area contributed by atoms with E-state index in [1.54, 1.807) is 29.9 Å². The molecule has 0 saturated carbocycles. The molecule has 0 fully saturated rings. The van der Waals surface area contributed by atoms with Crippen molar-refractivity contribution < 1.29 is 0 Å². The van der Waals surface area contributed by atoms with E-state index in [4.69, 9.17) is 4.98 Å². The van der Waals surface area contributed by atoms with E-state index in [1.807, 2.05) is 24.3 Å². The van der Waals surface area contributed by atoms with Crippen molar-refractivity contribution >= 4 is 38.6 Å². The SMILES string of the molecule is CCCc1sc(NN=Cc2cccnc2)nc1-c1ccc(Br)cc1. The first-order valence-corrected chi connectivity index (χ1v) is 9.32. The molecule has 6 heteroatoms. The molecular weight excluding hydrogens is 384 g/mol. The van der Waals surface area contributed by atoms with Gasteiger partial charge in [0.2, 0.25) is 5.13 Å². The molecule has 24 heavy (non-hydrogen) atoms. The summed E-state index contributed by atoms with van der Waals surface area (Å²) in [5.41, 5.74) is 6.14. The summed E-state index contributed by atoms with van der Waals surface area (Å²) in [5.74, 6) is 0. The second kappa shape index (κ2) is 8.17. The number of anilines is 1. The third-order valence-corrected chi connectivity index (χ3v) is 4.90. The van der Waals surface area contributed by atoms with Gasteiger partial charge in [-0.25, -0.2) is 4.98 Å². The van der Waals surface area contributed by atoms with Gasteiger partial charge in [-0.05, 0) is 24.6 Å². The number of nitrogens with one attached hydrogen (secondary N) is 1. The number of hydrogen-bond acceptors (Lipinski definition) is 5. The zero-order valence-corrected chi connectivity index (χ0v) is 15.6. The Balaban J connectivity index is 1.80. The van der Waals surface area contributed by atoms with Crippen molar-refractivity contribution in [1.82, 2.24) is 9.97 Å². The lowest BCUT2D eigenvalue weighted by Crippen LogP contribution is -1.90. The second-order valence-electron chi connectivity index (χ2n) is 5.20. The van der Waals surface area contributed by atoms with Gasteiger partial charge in [0.15, 0.2) is 0 Å². The van der Waals surface area contributed by atoms with Crippen LogP contribution < -0.4 is 5.43 Å². The van der Waals surface area contributed by atoms with Crippen LogP contribution in [0.2, 0.25) is 0 Å². The van der Waals surface area contributed by atoms with Crippen molar-refractivity contribution in [3.8, 4) is 11.3 Å². The summed E-state index contributed by atoms with van der Waals surface area (Å²) in [6, 6.07) is 12.1. The van der Waals surface area contributed by atoms with E-state index in [0.29, 0.717) is 0 Å². The summed E-state index contributed by atoms with van der Waals surface area (Å²) in [6.07, 6.45) is 7.35. The first-order valence-electron chi connectivity index (χ1n) is 7.71. The highest BCUT2D eigenvalue weighted by molar-refractivity contribution is 9.10. The van der Waals surface area contributed by atoms with E-state index >= 15 is 0 Å². The molecule has 0 bridgehead atoms. The molecule has 0 radical (unpaired) electrons. The van der Waals surface area contributed by atoms with Crippen molar-refractivity contribution in [2.75, 3.05) is 5.43 Å². The van der Waals surface area contributed by atoms with Crippen molar-refractivity contribution in [1.29, 1.82) is 0 Å². The van der Waals surface area contributed by atoms with E-state index in [-0.39, 0.29) is 0 Å². The molecule has 0 atom stereocenters. The van der Waals surface area contributed by atoms with Crippen molar-refractivity contribution in [2.24, 2.45) is 5.10 Å². The number of benzene rings is 1. The van der Waals surface area contributed by atoms with E-state index in [1.165, 1.54) is 4.88 Å². The van der Waals surface area contributed by atoms with Gasteiger partial charge in [-0.2, -0.15) is 5.10 Å². The fourth-order valence-electron chi connectivity index (χ4n) is 2.24. The van der Waals surface area contributed by atoms with E-state index in [0.717, 1.165) is 39.3 Å². The number of rotatable bonds is 6. The van der Waals surface area contributed by atoms with Crippen LogP contribution in [-0.4, -0.2) is 16.2 Å². The third-order valence-electron chi connectivity index (χ3n) is 3.35. The maximum Gasteiger partial charge on any atom is 0.204 e. The third kappa shape index (κ3) is 4.27. The van der Waals surface area contributed by atoms with Gasteiger partial charge in [0, 0.05) is 32.9 Å². The fourth-order valence-corrected chi connectivity index (χ4v) is 3.54. The van der Waals surface area contributed by atoms with Crippen LogP contribution in [0.1, 0.15) is 23.8 Å². The Hall–Kier alpha value is -2.05. The van der Waals surface area contributed by atoms with E-state index in [2.05, 4.69) is 50.5 Å². The first-order chi connectivity index (χ1) is 11.8. The van der Waals surface area contributed by atoms with Crippen LogP contribution in [0.25, 0.3) is 11.3 Å². The second-order valence-corrected chi connectivity index (χ2v) is 7.20. The molecule has 4 nitrogen and oxygen atoms in total. The van der Waals surface area contributed by atoms with Crippen LogP contribution in [0, 0.1) is 0 Å². The maximum atomic E-state index is 4.72. The van der Waals surface area contributed by atoms with Crippen molar-refractivity contribution in [3.05, 3.63) is 63.7 Å². The predicted molar refractivity (Wildman–Crippen MR) is 105 cm³/mol. The molecule has 2 heterocycles. The number of hydrogen-bond donors (Lipinski definition) is 1. The minimum atomic E-state index is 0.802. The standard InChI is InChI=1S/C18H17BrN4S/c1-2-4-16-17(14-6-8-15(19)9-7-14)22-18(24-16)23-21-12-13-5-3-10-20-11-13/h3,5-12H,2,4H2,1H3,(H,22,23). The Kier molecular flexibility index (Phi) is 5.72. The molecule has 0 amide bonds. The number of hydrazone groups is 1. The fraction of sp³-hybridized carbons (Fsp3) is 0.167. The molecule has 0 aliphatic heterocycles. The van der Waals surface area contributed by atoms with Gasteiger partial charge in [-0.3, -0.25) is 10.4 Å². The average molecular weight is 401 g/mol. The lowest BCUT2D eigenvalue weighted by Gasteiger charge is -2.01. The topological polar surface area (TPSA) is 50.2 Å². The minimum absolute atomic E-state index is 0.802. The Morgan fingerprint density at radius 3 is 2.79 bits per heavy atom. The number of aryl methyl sites for hydroxylation is 1. The molecule has 2 aromatic heterocycles. The zero-order chi connectivity index (χ0) is 16.8. The number of pyridine rings is 1. The molecule has 0 aliphatic rings. The highest BCUT2D eigenvalue weighted by atomic mass is 79.9. The number of thiazole rings is 1. The summed E-state index contributed by atoms with van der Waals surface area (Å²) in [4.78, 5) is 10.1. The highest BCUT2D eigenvalue weighted by Gasteiger charge is 2.12. The lowest BCUT2D eigenvalue weighted by molar-refractivity contribution is 0.938. The molecule has 3 rings (SSSR count). The maximum absolute atomic E-state index is 4.72. The Morgan fingerprint density at radius 1 is 1.25 bits per heavy atom. The minimum Gasteiger partial charge on any atom is -0.264 e. The summed E-state index contributed by atoms with van der Waals surface area (Å²) in [6.45, 7) is 2.18. The van der Waals surface area contributed by atoms with Gasteiger partial charge in [-0.15, -0.1) is 0 Å². The highest BCUT2D eigenvalue weighted by Crippen LogP contribution is 2.32. The molecule has 1 N–H and O–H groups in total. The Morgan fingerprint density at radius 2 is 2.08 bits per heavy atom. The van der Waals surface area contributed by atoms with Gasteiger partial charge < -0.3 is 0 Å². The van der Waals surface area contributed by atoms with Crippen LogP contribution in [-0.2, 0) is 6.42 Å². The van der Waals surface area contributed by atoms with Gasteiger partial charge >= 0.3 is 0 Å². The predicted octanol–water partition coefficient (Wildman–Crippen LogP) is 5.37. The Bertz CT molecular complexity index is 813. The van der Waals surface area contributed by atoms with E-state index in [9.17, 15) is 0 Å². The molecule has 1 aromatic carbocycles. The molecule has 0 saturated heterocycles. The summed E-state index contributed by atoms with van der Waals surface area (Å²) < 4.78 is 1.07. The quantitative estimate of drug-likeness (QED) is 0.447. The van der Waals surface area contributed by atoms with Crippen LogP contribution in [0.4, 0.5) is 5.13 Å². The summed E-state index contributed by atoms with van der Waals surface area (Å²) in [7, 11) is 0. The van der Waals surface area contributed by atoms with Gasteiger partial charge in [0.1, 0.15) is 0 Å². The van der Waals surface area contributed by atoms with Crippen LogP contribution in [0.3, 0.4) is 0 Å². The molecular formula is C18H17BrN4S.